The van der Waals surface area contributed by atoms with E-state index in [9.17, 15) is 9.59 Å². The molecule has 0 aliphatic rings. The highest BCUT2D eigenvalue weighted by Gasteiger charge is 2.20. The van der Waals surface area contributed by atoms with Gasteiger partial charge in [0, 0.05) is 42.4 Å². The van der Waals surface area contributed by atoms with Gasteiger partial charge in [-0.2, -0.15) is 5.21 Å². The van der Waals surface area contributed by atoms with Crippen LogP contribution in [0.5, 0.6) is 0 Å². The summed E-state index contributed by atoms with van der Waals surface area (Å²) in [6.45, 7) is 9.40. The number of thiophene rings is 1. The number of H-pyrrole nitrogens is 1. The van der Waals surface area contributed by atoms with Crippen LogP contribution in [-0.4, -0.2) is 66.5 Å². The number of hydrogen-bond donors (Lipinski definition) is 2. The van der Waals surface area contributed by atoms with E-state index >= 15 is 0 Å². The Morgan fingerprint density at radius 1 is 1.22 bits per heavy atom. The molecule has 0 spiro atoms. The van der Waals surface area contributed by atoms with Crippen molar-refractivity contribution in [3.8, 4) is 0 Å². The molecule has 0 aliphatic carbocycles. The Kier molecular flexibility index (Phi) is 8.65. The summed E-state index contributed by atoms with van der Waals surface area (Å²) in [4.78, 5) is 33.8. The van der Waals surface area contributed by atoms with Crippen molar-refractivity contribution in [1.82, 2.24) is 40.4 Å². The molecule has 1 aromatic carbocycles. The Morgan fingerprint density at radius 2 is 2.05 bits per heavy atom. The number of hydrogen-bond acceptors (Lipinski definition) is 7. The van der Waals surface area contributed by atoms with Gasteiger partial charge in [0.2, 0.25) is 5.91 Å². The smallest absolute Gasteiger partial charge is 0.251 e. The second-order valence-electron chi connectivity index (χ2n) is 9.61. The Morgan fingerprint density at radius 3 is 2.73 bits per heavy atom. The van der Waals surface area contributed by atoms with Gasteiger partial charge in [0.25, 0.3) is 5.91 Å². The van der Waals surface area contributed by atoms with Gasteiger partial charge < -0.3 is 14.8 Å². The van der Waals surface area contributed by atoms with Gasteiger partial charge in [0.1, 0.15) is 5.82 Å². The fraction of sp³-hybridized carbons (Fsp3) is 0.462. The molecule has 2 N–H and O–H groups in total. The van der Waals surface area contributed by atoms with Gasteiger partial charge in [-0.15, -0.1) is 21.5 Å². The lowest BCUT2D eigenvalue weighted by Gasteiger charge is -2.24. The number of rotatable bonds is 12. The van der Waals surface area contributed by atoms with E-state index in [2.05, 4.69) is 55.8 Å². The first-order chi connectivity index (χ1) is 17.9. The molecular formula is C26H34N8O2S. The third-order valence-corrected chi connectivity index (χ3v) is 7.18. The average Bonchev–Trinajstić information content (AvgIpc) is 3.65. The summed E-state index contributed by atoms with van der Waals surface area (Å²) in [5, 5.41) is 18.7. The summed E-state index contributed by atoms with van der Waals surface area (Å²) in [6.07, 6.45) is 2.22. The van der Waals surface area contributed by atoms with Crippen molar-refractivity contribution in [3.05, 3.63) is 57.8 Å². The minimum Gasteiger partial charge on any atom is -0.343 e. The van der Waals surface area contributed by atoms with Crippen LogP contribution in [0.1, 0.15) is 67.0 Å². The zero-order valence-corrected chi connectivity index (χ0v) is 22.6. The van der Waals surface area contributed by atoms with E-state index in [1.165, 1.54) is 4.88 Å². The lowest BCUT2D eigenvalue weighted by Crippen LogP contribution is -2.42. The maximum absolute atomic E-state index is 13.0. The van der Waals surface area contributed by atoms with Crippen LogP contribution in [0.4, 0.5) is 0 Å². The van der Waals surface area contributed by atoms with Gasteiger partial charge >= 0.3 is 0 Å². The highest BCUT2D eigenvalue weighted by atomic mass is 32.1. The van der Waals surface area contributed by atoms with Crippen LogP contribution in [0.3, 0.4) is 0 Å². The Bertz CT molecular complexity index is 1310. The van der Waals surface area contributed by atoms with Crippen molar-refractivity contribution < 1.29 is 9.59 Å². The fourth-order valence-electron chi connectivity index (χ4n) is 4.31. The second-order valence-corrected chi connectivity index (χ2v) is 10.6. The van der Waals surface area contributed by atoms with Gasteiger partial charge in [0.05, 0.1) is 17.6 Å². The van der Waals surface area contributed by atoms with E-state index in [0.29, 0.717) is 30.9 Å². The number of imidazole rings is 1. The van der Waals surface area contributed by atoms with E-state index in [-0.39, 0.29) is 30.3 Å². The molecule has 37 heavy (non-hydrogen) atoms. The summed E-state index contributed by atoms with van der Waals surface area (Å²) in [7, 11) is 0. The number of carbonyl (C=O) groups is 2. The largest absolute Gasteiger partial charge is 0.343 e. The maximum Gasteiger partial charge on any atom is 0.251 e. The second kappa shape index (κ2) is 12.1. The third-order valence-electron chi connectivity index (χ3n) is 6.30. The maximum atomic E-state index is 13.0. The zero-order chi connectivity index (χ0) is 26.4. The molecule has 0 saturated heterocycles. The molecule has 0 fully saturated rings. The van der Waals surface area contributed by atoms with Crippen LogP contribution in [0, 0.1) is 5.92 Å². The van der Waals surface area contributed by atoms with Gasteiger partial charge in [-0.3, -0.25) is 9.59 Å². The Labute approximate surface area is 220 Å². The molecule has 2 amide bonds. The van der Waals surface area contributed by atoms with Crippen LogP contribution in [0.25, 0.3) is 11.0 Å². The van der Waals surface area contributed by atoms with Crippen molar-refractivity contribution in [1.29, 1.82) is 0 Å². The fourth-order valence-corrected chi connectivity index (χ4v) is 5.01. The van der Waals surface area contributed by atoms with E-state index < -0.39 is 0 Å². The number of aromatic nitrogens is 6. The quantitative estimate of drug-likeness (QED) is 0.293. The summed E-state index contributed by atoms with van der Waals surface area (Å²) in [5.74, 6) is 1.39. The van der Waals surface area contributed by atoms with Crippen molar-refractivity contribution in [3.63, 3.8) is 0 Å². The number of benzene rings is 1. The predicted octanol–water partition coefficient (Wildman–Crippen LogP) is 3.63. The molecule has 10 nitrogen and oxygen atoms in total. The lowest BCUT2D eigenvalue weighted by molar-refractivity contribution is -0.130. The van der Waals surface area contributed by atoms with E-state index in [1.54, 1.807) is 22.3 Å². The summed E-state index contributed by atoms with van der Waals surface area (Å²) >= 11 is 1.72. The van der Waals surface area contributed by atoms with Gasteiger partial charge in [-0.25, -0.2) is 4.98 Å². The SMILES string of the molecule is CCC(C)n1c(Cc2cccs2)nc2cc(C(=O)NCC(=O)N(CCc3nn[nH]n3)CC(C)C)ccc21. The topological polar surface area (TPSA) is 122 Å². The molecule has 0 radical (unpaired) electrons. The summed E-state index contributed by atoms with van der Waals surface area (Å²) in [5.41, 5.74) is 2.28. The minimum atomic E-state index is -0.296. The summed E-state index contributed by atoms with van der Waals surface area (Å²) in [6, 6.07) is 10.0. The molecule has 4 rings (SSSR count). The number of carbonyl (C=O) groups excluding carboxylic acids is 2. The van der Waals surface area contributed by atoms with Crippen LogP contribution < -0.4 is 5.32 Å². The van der Waals surface area contributed by atoms with Gasteiger partial charge in [0.15, 0.2) is 5.82 Å². The van der Waals surface area contributed by atoms with Gasteiger partial charge in [-0.05, 0) is 48.9 Å². The molecule has 0 saturated carbocycles. The van der Waals surface area contributed by atoms with Gasteiger partial charge in [-0.1, -0.05) is 32.1 Å². The Hall–Kier alpha value is -3.60. The predicted molar refractivity (Wildman–Crippen MR) is 143 cm³/mol. The van der Waals surface area contributed by atoms with E-state index in [0.717, 1.165) is 29.7 Å². The highest BCUT2D eigenvalue weighted by molar-refractivity contribution is 7.09. The normalized spacial score (nSPS) is 12.2. The number of tetrazole rings is 1. The van der Waals surface area contributed by atoms with Crippen molar-refractivity contribution in [2.75, 3.05) is 19.6 Å². The number of nitrogens with zero attached hydrogens (tertiary/aromatic N) is 6. The zero-order valence-electron chi connectivity index (χ0n) is 21.8. The van der Waals surface area contributed by atoms with E-state index in [4.69, 9.17) is 4.98 Å². The summed E-state index contributed by atoms with van der Waals surface area (Å²) < 4.78 is 2.27. The number of nitrogens with one attached hydrogen (secondary N) is 2. The van der Waals surface area contributed by atoms with Crippen LogP contribution in [0.2, 0.25) is 0 Å². The van der Waals surface area contributed by atoms with E-state index in [1.807, 2.05) is 32.0 Å². The molecule has 1 atom stereocenters. The van der Waals surface area contributed by atoms with Crippen molar-refractivity contribution in [2.45, 2.75) is 53.0 Å². The molecular weight excluding hydrogens is 488 g/mol. The number of amides is 2. The first kappa shape index (κ1) is 26.5. The van der Waals surface area contributed by atoms with Crippen LogP contribution >= 0.6 is 11.3 Å². The van der Waals surface area contributed by atoms with Crippen molar-refractivity contribution >= 4 is 34.2 Å². The standard InChI is InChI=1S/C26H34N8O2S/c1-5-18(4)34-22-9-8-19(13-21(22)28-24(34)14-20-7-6-12-37-20)26(36)27-15-25(35)33(16-17(2)3)11-10-23-29-31-32-30-23/h6-9,12-13,17-18H,5,10-11,14-16H2,1-4H3,(H,27,36)(H,29,30,31,32). The average molecular weight is 523 g/mol. The monoisotopic (exact) mass is 522 g/mol. The molecule has 4 aromatic rings. The molecule has 196 valence electrons. The van der Waals surface area contributed by atoms with Crippen molar-refractivity contribution in [2.24, 2.45) is 5.92 Å². The van der Waals surface area contributed by atoms with Crippen LogP contribution in [-0.2, 0) is 17.6 Å². The minimum absolute atomic E-state index is 0.0826. The molecule has 0 aliphatic heterocycles. The highest BCUT2D eigenvalue weighted by Crippen LogP contribution is 2.26. The molecule has 0 bridgehead atoms. The number of fused-ring (bicyclic) bond motifs is 1. The van der Waals surface area contributed by atoms with Crippen LogP contribution in [0.15, 0.2) is 35.7 Å². The Balaban J connectivity index is 1.46. The third kappa shape index (κ3) is 6.59. The molecule has 11 heteroatoms. The first-order valence-corrected chi connectivity index (χ1v) is 13.5. The molecule has 3 heterocycles. The number of aromatic amines is 1. The first-order valence-electron chi connectivity index (χ1n) is 12.7. The molecule has 3 aromatic heterocycles. The lowest BCUT2D eigenvalue weighted by atomic mass is 10.1. The molecule has 1 unspecified atom stereocenters.